The highest BCUT2D eigenvalue weighted by atomic mass is 79.9. The van der Waals surface area contributed by atoms with Crippen LogP contribution in [0.3, 0.4) is 0 Å². The fourth-order valence-corrected chi connectivity index (χ4v) is 3.13. The summed E-state index contributed by atoms with van der Waals surface area (Å²) in [5.41, 5.74) is 0.408. The van der Waals surface area contributed by atoms with Crippen molar-refractivity contribution in [2.24, 2.45) is 5.41 Å². The van der Waals surface area contributed by atoms with E-state index >= 15 is 0 Å². The number of carbonyl (C=O) groups excluding carboxylic acids is 1. The number of amides is 1. The minimum Gasteiger partial charge on any atom is -0.325 e. The summed E-state index contributed by atoms with van der Waals surface area (Å²) in [5.74, 6) is -0.111. The number of nitro groups is 1. The standard InChI is InChI=1S/C14H18BrN3O3/c1-14(2)6-3-7-16-12(14)13(19)17-9-4-5-11(18(20)21)10(15)8-9/h4-5,8,12,16H,3,6-7H2,1-2H3,(H,17,19). The molecule has 1 atom stereocenters. The first-order valence-electron chi connectivity index (χ1n) is 6.79. The van der Waals surface area contributed by atoms with Crippen molar-refractivity contribution in [1.29, 1.82) is 0 Å². The van der Waals surface area contributed by atoms with Crippen molar-refractivity contribution in [2.45, 2.75) is 32.7 Å². The third-order valence-corrected chi connectivity index (χ3v) is 4.44. The minimum atomic E-state index is -0.471. The maximum Gasteiger partial charge on any atom is 0.283 e. The van der Waals surface area contributed by atoms with Crippen LogP contribution in [0.4, 0.5) is 11.4 Å². The van der Waals surface area contributed by atoms with Gasteiger partial charge < -0.3 is 10.6 Å². The number of carbonyl (C=O) groups is 1. The van der Waals surface area contributed by atoms with Crippen LogP contribution in [0.15, 0.2) is 22.7 Å². The lowest BCUT2D eigenvalue weighted by atomic mass is 9.77. The Hall–Kier alpha value is -1.47. The molecule has 0 radical (unpaired) electrons. The first-order valence-corrected chi connectivity index (χ1v) is 7.59. The Morgan fingerprint density at radius 3 is 2.81 bits per heavy atom. The van der Waals surface area contributed by atoms with Crippen LogP contribution in [0.25, 0.3) is 0 Å². The lowest BCUT2D eigenvalue weighted by Crippen LogP contribution is -2.53. The number of benzene rings is 1. The fraction of sp³-hybridized carbons (Fsp3) is 0.500. The van der Waals surface area contributed by atoms with E-state index in [-0.39, 0.29) is 23.1 Å². The van der Waals surface area contributed by atoms with Gasteiger partial charge in [-0.1, -0.05) is 13.8 Å². The van der Waals surface area contributed by atoms with Crippen LogP contribution in [-0.4, -0.2) is 23.4 Å². The SMILES string of the molecule is CC1(C)CCCNC1C(=O)Nc1ccc([N+](=O)[O-])c(Br)c1. The van der Waals surface area contributed by atoms with E-state index in [0.29, 0.717) is 10.2 Å². The molecule has 114 valence electrons. The number of nitro benzene ring substituents is 1. The van der Waals surface area contributed by atoms with E-state index in [2.05, 4.69) is 40.4 Å². The zero-order valence-corrected chi connectivity index (χ0v) is 13.6. The maximum absolute atomic E-state index is 12.4. The second-order valence-electron chi connectivity index (χ2n) is 5.89. The molecule has 0 aliphatic carbocycles. The van der Waals surface area contributed by atoms with Crippen LogP contribution < -0.4 is 10.6 Å². The van der Waals surface area contributed by atoms with Crippen LogP contribution in [-0.2, 0) is 4.79 Å². The summed E-state index contributed by atoms with van der Waals surface area (Å²) in [5, 5.41) is 16.8. The molecule has 1 fully saturated rings. The summed E-state index contributed by atoms with van der Waals surface area (Å²) in [4.78, 5) is 22.7. The zero-order valence-electron chi connectivity index (χ0n) is 12.0. The van der Waals surface area contributed by atoms with Crippen LogP contribution in [0, 0.1) is 15.5 Å². The molecule has 7 heteroatoms. The summed E-state index contributed by atoms with van der Waals surface area (Å²) in [6.07, 6.45) is 2.04. The Labute approximate surface area is 131 Å². The predicted molar refractivity (Wildman–Crippen MR) is 84.2 cm³/mol. The van der Waals surface area contributed by atoms with Crippen LogP contribution in [0.5, 0.6) is 0 Å². The van der Waals surface area contributed by atoms with E-state index in [4.69, 9.17) is 0 Å². The van der Waals surface area contributed by atoms with E-state index in [1.165, 1.54) is 12.1 Å². The third kappa shape index (κ3) is 3.59. The molecule has 21 heavy (non-hydrogen) atoms. The molecule has 2 N–H and O–H groups in total. The number of rotatable bonds is 3. The Balaban J connectivity index is 2.12. The van der Waals surface area contributed by atoms with Crippen LogP contribution >= 0.6 is 15.9 Å². The molecule has 1 amide bonds. The van der Waals surface area contributed by atoms with Gasteiger partial charge in [0.2, 0.25) is 5.91 Å². The quantitative estimate of drug-likeness (QED) is 0.644. The lowest BCUT2D eigenvalue weighted by molar-refractivity contribution is -0.385. The summed E-state index contributed by atoms with van der Waals surface area (Å²) in [7, 11) is 0. The average molecular weight is 356 g/mol. The van der Waals surface area contributed by atoms with Gasteiger partial charge in [-0.2, -0.15) is 0 Å². The van der Waals surface area contributed by atoms with Gasteiger partial charge >= 0.3 is 0 Å². The van der Waals surface area contributed by atoms with E-state index < -0.39 is 4.92 Å². The maximum atomic E-state index is 12.4. The molecule has 0 bridgehead atoms. The van der Waals surface area contributed by atoms with E-state index in [0.717, 1.165) is 19.4 Å². The Morgan fingerprint density at radius 2 is 2.24 bits per heavy atom. The number of hydrogen-bond acceptors (Lipinski definition) is 4. The van der Waals surface area contributed by atoms with Crippen molar-refractivity contribution in [3.8, 4) is 0 Å². The molecule has 1 aliphatic rings. The van der Waals surface area contributed by atoms with Gasteiger partial charge in [0, 0.05) is 11.8 Å². The van der Waals surface area contributed by atoms with Crippen LogP contribution in [0.1, 0.15) is 26.7 Å². The molecule has 0 saturated carbocycles. The normalized spacial score (nSPS) is 20.8. The minimum absolute atomic E-state index is 0.0240. The summed E-state index contributed by atoms with van der Waals surface area (Å²) in [6.45, 7) is 4.95. The highest BCUT2D eigenvalue weighted by Crippen LogP contribution is 2.32. The van der Waals surface area contributed by atoms with Gasteiger partial charge in [-0.05, 0) is 52.9 Å². The molecule has 1 saturated heterocycles. The molecule has 2 rings (SSSR count). The molecule has 0 spiro atoms. The molecule has 1 aromatic carbocycles. The number of halogens is 1. The van der Waals surface area contributed by atoms with Gasteiger partial charge in [0.25, 0.3) is 5.69 Å². The van der Waals surface area contributed by atoms with Crippen molar-refractivity contribution in [2.75, 3.05) is 11.9 Å². The van der Waals surface area contributed by atoms with Gasteiger partial charge in [-0.25, -0.2) is 0 Å². The van der Waals surface area contributed by atoms with Gasteiger partial charge in [-0.3, -0.25) is 14.9 Å². The van der Waals surface area contributed by atoms with Gasteiger partial charge in [0.15, 0.2) is 0 Å². The Bertz CT molecular complexity index is 575. The number of anilines is 1. The number of nitrogens with zero attached hydrogens (tertiary/aromatic N) is 1. The number of nitrogens with one attached hydrogen (secondary N) is 2. The molecular formula is C14H18BrN3O3. The number of hydrogen-bond donors (Lipinski definition) is 2. The largest absolute Gasteiger partial charge is 0.325 e. The topological polar surface area (TPSA) is 84.3 Å². The number of piperidine rings is 1. The second kappa shape index (κ2) is 6.11. The molecular weight excluding hydrogens is 338 g/mol. The van der Waals surface area contributed by atoms with Crippen molar-refractivity contribution < 1.29 is 9.72 Å². The van der Waals surface area contributed by atoms with Gasteiger partial charge in [0.05, 0.1) is 15.4 Å². The highest BCUT2D eigenvalue weighted by molar-refractivity contribution is 9.10. The lowest BCUT2D eigenvalue weighted by Gasteiger charge is -2.38. The molecule has 1 aromatic rings. The van der Waals surface area contributed by atoms with Gasteiger partial charge in [0.1, 0.15) is 0 Å². The van der Waals surface area contributed by atoms with E-state index in [9.17, 15) is 14.9 Å². The molecule has 0 aromatic heterocycles. The predicted octanol–water partition coefficient (Wildman–Crippen LogP) is 3.07. The average Bonchev–Trinajstić information content (AvgIpc) is 2.37. The highest BCUT2D eigenvalue weighted by Gasteiger charge is 2.37. The monoisotopic (exact) mass is 355 g/mol. The Morgan fingerprint density at radius 1 is 1.52 bits per heavy atom. The second-order valence-corrected chi connectivity index (χ2v) is 6.75. The van der Waals surface area contributed by atoms with Crippen molar-refractivity contribution in [3.63, 3.8) is 0 Å². The van der Waals surface area contributed by atoms with Gasteiger partial charge in [-0.15, -0.1) is 0 Å². The van der Waals surface area contributed by atoms with Crippen molar-refractivity contribution in [1.82, 2.24) is 5.32 Å². The third-order valence-electron chi connectivity index (χ3n) is 3.80. The van der Waals surface area contributed by atoms with Crippen LogP contribution in [0.2, 0.25) is 0 Å². The summed E-state index contributed by atoms with van der Waals surface area (Å²) < 4.78 is 0.348. The Kier molecular flexibility index (Phi) is 4.63. The van der Waals surface area contributed by atoms with Crippen molar-refractivity contribution in [3.05, 3.63) is 32.8 Å². The fourth-order valence-electron chi connectivity index (χ4n) is 2.61. The summed E-state index contributed by atoms with van der Waals surface area (Å²) in [6, 6.07) is 4.20. The smallest absolute Gasteiger partial charge is 0.283 e. The first-order chi connectivity index (χ1) is 9.81. The molecule has 6 nitrogen and oxygen atoms in total. The summed E-state index contributed by atoms with van der Waals surface area (Å²) >= 11 is 3.15. The van der Waals surface area contributed by atoms with E-state index in [1.807, 2.05) is 0 Å². The first kappa shape index (κ1) is 15.9. The molecule has 1 aliphatic heterocycles. The van der Waals surface area contributed by atoms with E-state index in [1.54, 1.807) is 6.07 Å². The van der Waals surface area contributed by atoms with Crippen molar-refractivity contribution >= 4 is 33.2 Å². The molecule has 1 heterocycles. The zero-order chi connectivity index (χ0) is 15.6. The molecule has 1 unspecified atom stereocenters.